The third-order valence-corrected chi connectivity index (χ3v) is 5.99. The molecule has 0 radical (unpaired) electrons. The molecule has 1 aliphatic rings. The van der Waals surface area contributed by atoms with Crippen LogP contribution in [0.25, 0.3) is 11.6 Å². The third kappa shape index (κ3) is 9.62. The number of aromatic nitrogens is 1. The Morgan fingerprint density at radius 3 is 2.80 bits per heavy atom. The van der Waals surface area contributed by atoms with Crippen LogP contribution in [0, 0.1) is 5.92 Å². The van der Waals surface area contributed by atoms with E-state index in [0.29, 0.717) is 12.5 Å². The molecular weight excluding hydrogens is 430 g/mol. The van der Waals surface area contributed by atoms with Gasteiger partial charge in [0.15, 0.2) is 0 Å². The van der Waals surface area contributed by atoms with Gasteiger partial charge in [0.1, 0.15) is 5.75 Å². The number of rotatable bonds is 7. The molecule has 2 aromatic rings. The van der Waals surface area contributed by atoms with Crippen LogP contribution in [0.4, 0.5) is 0 Å². The standard InChI is InChI=1S/C16H22O.C15H17N3/c1-6-8-14-9-10-15(17-5)11-16(14)13(4)12(3)7-2;16-15-6-2-1-4-13(7-8-15)10-18-12-14-5-3-9-17-11-14/h6,8-12H,1,7H2,2-5H3;2-3,5-11H,1,4,12,16H2/b14-8-,16-13-;6-2-,13-7+,15-8+,18-10?. The summed E-state index contributed by atoms with van der Waals surface area (Å²) in [5, 5.41) is 2.47. The lowest BCUT2D eigenvalue weighted by Crippen LogP contribution is -2.27. The first-order valence-corrected chi connectivity index (χ1v) is 12.2. The second-order valence-corrected chi connectivity index (χ2v) is 8.53. The molecule has 1 aromatic heterocycles. The molecule has 0 amide bonds. The van der Waals surface area contributed by atoms with Crippen LogP contribution in [0.3, 0.4) is 0 Å². The smallest absolute Gasteiger partial charge is 0.119 e. The van der Waals surface area contributed by atoms with Gasteiger partial charge in [-0.3, -0.25) is 9.98 Å². The minimum absolute atomic E-state index is 0.582. The SMILES string of the molecule is C=C/C=c1/ccc(OC)c/c1=C(\C)C(C)CC.NC1=C/C=C(/C=NCc2cccnc2)CC/C=C\1. The summed E-state index contributed by atoms with van der Waals surface area (Å²) in [6.45, 7) is 11.1. The highest BCUT2D eigenvalue weighted by molar-refractivity contribution is 5.79. The fourth-order valence-corrected chi connectivity index (χ4v) is 3.53. The second-order valence-electron chi connectivity index (χ2n) is 8.53. The van der Waals surface area contributed by atoms with Crippen molar-refractivity contribution in [2.75, 3.05) is 7.11 Å². The van der Waals surface area contributed by atoms with E-state index in [2.05, 4.69) is 55.5 Å². The van der Waals surface area contributed by atoms with Gasteiger partial charge in [-0.2, -0.15) is 0 Å². The summed E-state index contributed by atoms with van der Waals surface area (Å²) >= 11 is 0. The van der Waals surface area contributed by atoms with E-state index in [-0.39, 0.29) is 0 Å². The maximum Gasteiger partial charge on any atom is 0.119 e. The molecule has 1 aromatic carbocycles. The van der Waals surface area contributed by atoms with Crippen LogP contribution in [-0.2, 0) is 6.54 Å². The lowest BCUT2D eigenvalue weighted by Gasteiger charge is -2.10. The Labute approximate surface area is 210 Å². The van der Waals surface area contributed by atoms with E-state index in [4.69, 9.17) is 10.5 Å². The fraction of sp³-hybridized carbons (Fsp3) is 0.290. The monoisotopic (exact) mass is 469 g/mol. The summed E-state index contributed by atoms with van der Waals surface area (Å²) in [6.07, 6.45) is 20.5. The number of nitrogens with zero attached hydrogens (tertiary/aromatic N) is 2. The van der Waals surface area contributed by atoms with Crippen LogP contribution in [0.1, 0.15) is 45.6 Å². The zero-order valence-electron chi connectivity index (χ0n) is 21.6. The van der Waals surface area contributed by atoms with Gasteiger partial charge in [-0.15, -0.1) is 0 Å². The predicted molar refractivity (Wildman–Crippen MR) is 151 cm³/mol. The van der Waals surface area contributed by atoms with Gasteiger partial charge in [0, 0.05) is 24.3 Å². The Morgan fingerprint density at radius 1 is 1.29 bits per heavy atom. The van der Waals surface area contributed by atoms with Gasteiger partial charge in [-0.05, 0) is 84.0 Å². The molecule has 4 heteroatoms. The van der Waals surface area contributed by atoms with Crippen molar-refractivity contribution in [1.82, 2.24) is 4.98 Å². The number of methoxy groups -OCH3 is 1. The summed E-state index contributed by atoms with van der Waals surface area (Å²) in [6, 6.07) is 10.1. The highest BCUT2D eigenvalue weighted by atomic mass is 16.5. The zero-order valence-corrected chi connectivity index (χ0v) is 21.6. The number of allylic oxidation sites excluding steroid dienone is 6. The fourth-order valence-electron chi connectivity index (χ4n) is 3.53. The minimum Gasteiger partial charge on any atom is -0.497 e. The number of hydrogen-bond donors (Lipinski definition) is 1. The molecule has 1 unspecified atom stereocenters. The number of hydrogen-bond acceptors (Lipinski definition) is 4. The summed E-state index contributed by atoms with van der Waals surface area (Å²) in [4.78, 5) is 8.50. The Morgan fingerprint density at radius 2 is 2.11 bits per heavy atom. The lowest BCUT2D eigenvalue weighted by molar-refractivity contribution is 0.414. The summed E-state index contributed by atoms with van der Waals surface area (Å²) in [5.74, 6) is 1.49. The normalized spacial score (nSPS) is 19.6. The number of aliphatic imine (C=N–C) groups is 1. The van der Waals surface area contributed by atoms with Gasteiger partial charge >= 0.3 is 0 Å². The molecule has 0 aliphatic heterocycles. The summed E-state index contributed by atoms with van der Waals surface area (Å²) < 4.78 is 5.30. The Balaban J connectivity index is 0.000000247. The van der Waals surface area contributed by atoms with Crippen LogP contribution in [0.2, 0.25) is 0 Å². The highest BCUT2D eigenvalue weighted by Crippen LogP contribution is 2.13. The van der Waals surface area contributed by atoms with Crippen molar-refractivity contribution < 1.29 is 4.74 Å². The predicted octanol–water partition coefficient (Wildman–Crippen LogP) is 5.65. The van der Waals surface area contributed by atoms with Crippen molar-refractivity contribution in [3.8, 4) is 5.75 Å². The second kappa shape index (κ2) is 15.3. The molecule has 3 rings (SSSR count). The molecule has 0 saturated heterocycles. The van der Waals surface area contributed by atoms with E-state index in [1.807, 2.05) is 61.0 Å². The Kier molecular flexibility index (Phi) is 12.0. The van der Waals surface area contributed by atoms with E-state index < -0.39 is 0 Å². The van der Waals surface area contributed by atoms with Crippen LogP contribution >= 0.6 is 0 Å². The van der Waals surface area contributed by atoms with E-state index in [9.17, 15) is 0 Å². The molecule has 4 nitrogen and oxygen atoms in total. The third-order valence-electron chi connectivity index (χ3n) is 5.99. The topological polar surface area (TPSA) is 60.5 Å². The van der Waals surface area contributed by atoms with Crippen molar-refractivity contribution in [2.45, 2.75) is 46.6 Å². The molecule has 0 spiro atoms. The molecule has 2 N–H and O–H groups in total. The largest absolute Gasteiger partial charge is 0.497 e. The molecule has 35 heavy (non-hydrogen) atoms. The Bertz CT molecular complexity index is 1190. The highest BCUT2D eigenvalue weighted by Gasteiger charge is 2.03. The first-order chi connectivity index (χ1) is 17.0. The quantitative estimate of drug-likeness (QED) is 0.533. The molecule has 1 atom stereocenters. The number of ether oxygens (including phenoxy) is 1. The van der Waals surface area contributed by atoms with Crippen LogP contribution in [0.15, 0.2) is 95.9 Å². The molecule has 1 heterocycles. The van der Waals surface area contributed by atoms with Crippen LogP contribution in [-0.4, -0.2) is 18.3 Å². The van der Waals surface area contributed by atoms with Gasteiger partial charge in [-0.1, -0.05) is 62.4 Å². The van der Waals surface area contributed by atoms with Gasteiger partial charge in [0.25, 0.3) is 0 Å². The van der Waals surface area contributed by atoms with E-state index in [0.717, 1.165) is 36.3 Å². The number of benzene rings is 1. The number of nitrogens with two attached hydrogens (primary N) is 1. The van der Waals surface area contributed by atoms with Crippen molar-refractivity contribution in [1.29, 1.82) is 0 Å². The van der Waals surface area contributed by atoms with Crippen LogP contribution in [0.5, 0.6) is 5.75 Å². The lowest BCUT2D eigenvalue weighted by atomic mass is 9.96. The van der Waals surface area contributed by atoms with Crippen molar-refractivity contribution in [3.63, 3.8) is 0 Å². The maximum atomic E-state index is 5.76. The molecule has 1 aliphatic carbocycles. The zero-order chi connectivity index (χ0) is 25.5. The first-order valence-electron chi connectivity index (χ1n) is 12.2. The van der Waals surface area contributed by atoms with E-state index in [1.54, 1.807) is 13.3 Å². The molecular formula is C31H39N3O. The average Bonchev–Trinajstić information content (AvgIpc) is 2.88. The van der Waals surface area contributed by atoms with E-state index in [1.165, 1.54) is 21.6 Å². The van der Waals surface area contributed by atoms with Crippen molar-refractivity contribution >= 4 is 17.9 Å². The van der Waals surface area contributed by atoms with Gasteiger partial charge in [0.2, 0.25) is 0 Å². The average molecular weight is 470 g/mol. The van der Waals surface area contributed by atoms with Gasteiger partial charge < -0.3 is 10.5 Å². The summed E-state index contributed by atoms with van der Waals surface area (Å²) in [7, 11) is 1.70. The van der Waals surface area contributed by atoms with Crippen LogP contribution < -0.4 is 20.9 Å². The van der Waals surface area contributed by atoms with Gasteiger partial charge in [0.05, 0.1) is 13.7 Å². The minimum atomic E-state index is 0.582. The molecule has 0 saturated carbocycles. The van der Waals surface area contributed by atoms with Gasteiger partial charge in [-0.25, -0.2) is 0 Å². The summed E-state index contributed by atoms with van der Waals surface area (Å²) in [5.41, 5.74) is 10.3. The first kappa shape index (κ1) is 27.6. The molecule has 0 fully saturated rings. The Hall–Kier alpha value is -3.66. The van der Waals surface area contributed by atoms with Crippen molar-refractivity contribution in [2.24, 2.45) is 16.6 Å². The van der Waals surface area contributed by atoms with Crippen molar-refractivity contribution in [3.05, 3.63) is 107 Å². The number of pyridine rings is 1. The maximum absolute atomic E-state index is 5.76. The van der Waals surface area contributed by atoms with E-state index >= 15 is 0 Å². The molecule has 0 bridgehead atoms. The molecule has 184 valence electrons.